The summed E-state index contributed by atoms with van der Waals surface area (Å²) in [6, 6.07) is 67.1. The highest BCUT2D eigenvalue weighted by Crippen LogP contribution is 2.41. The molecule has 0 aliphatic carbocycles. The Kier molecular flexibility index (Phi) is 16.4. The number of benzene rings is 10. The van der Waals surface area contributed by atoms with Gasteiger partial charge in [0.1, 0.15) is 46.0 Å². The third-order valence-corrected chi connectivity index (χ3v) is 16.4. The van der Waals surface area contributed by atoms with Crippen LogP contribution in [0.3, 0.4) is 0 Å². The lowest BCUT2D eigenvalue weighted by molar-refractivity contribution is -0.432. The molecule has 0 unspecified atom stereocenters. The summed E-state index contributed by atoms with van der Waals surface area (Å²) in [4.78, 5) is 14.1. The van der Waals surface area contributed by atoms with Crippen molar-refractivity contribution in [1.29, 1.82) is 0 Å². The topological polar surface area (TPSA) is 181 Å². The number of hydrogen-bond acceptors (Lipinski definition) is 13. The summed E-state index contributed by atoms with van der Waals surface area (Å²) in [7, 11) is -7.03. The highest BCUT2D eigenvalue weighted by Gasteiger charge is 2.23. The zero-order chi connectivity index (χ0) is 55.8. The van der Waals surface area contributed by atoms with Crippen LogP contribution in [0.2, 0.25) is 0 Å². The molecule has 0 spiro atoms. The summed E-state index contributed by atoms with van der Waals surface area (Å²) < 4.78 is 91.5. The summed E-state index contributed by atoms with van der Waals surface area (Å²) in [5.74, 6) is 1.75. The Morgan fingerprint density at radius 3 is 1.52 bits per heavy atom. The average Bonchev–Trinajstić information content (AvgIpc) is 3.52. The van der Waals surface area contributed by atoms with Crippen LogP contribution in [0.25, 0.3) is 44.5 Å². The molecule has 0 saturated heterocycles. The van der Waals surface area contributed by atoms with Crippen molar-refractivity contribution in [2.24, 2.45) is 0 Å². The molecule has 0 atom stereocenters. The van der Waals surface area contributed by atoms with Gasteiger partial charge in [-0.3, -0.25) is 9.35 Å². The van der Waals surface area contributed by atoms with E-state index in [1.54, 1.807) is 86.0 Å². The van der Waals surface area contributed by atoms with Gasteiger partial charge in [0.05, 0.1) is 28.9 Å². The van der Waals surface area contributed by atoms with Crippen molar-refractivity contribution >= 4 is 37.8 Å². The molecule has 0 bridgehead atoms. The molecule has 0 aliphatic heterocycles. The van der Waals surface area contributed by atoms with E-state index in [-0.39, 0.29) is 39.0 Å². The molecule has 0 aliphatic rings. The summed E-state index contributed by atoms with van der Waals surface area (Å²) in [5, 5.41) is 13.1. The third kappa shape index (κ3) is 12.5. The molecule has 13 nitrogen and oxygen atoms in total. The Hall–Kier alpha value is -8.84. The molecule has 10 aromatic carbocycles. The minimum atomic E-state index is -4.88. The van der Waals surface area contributed by atoms with E-state index in [9.17, 15) is 26.2 Å². The first-order valence-electron chi connectivity index (χ1n) is 24.7. The maximum Gasteiger partial charge on any atom is 0.298 e. The van der Waals surface area contributed by atoms with Crippen LogP contribution < -0.4 is 18.9 Å². The van der Waals surface area contributed by atoms with Gasteiger partial charge >= 0.3 is 0 Å². The first-order valence-corrected chi connectivity index (χ1v) is 28.4. The fraction of sp³-hybridized carbons (Fsp3) is 0.0469. The highest BCUT2D eigenvalue weighted by molar-refractivity contribution is 7.94. The van der Waals surface area contributed by atoms with Crippen LogP contribution >= 0.6 is 12.0 Å². The zero-order valence-corrected chi connectivity index (χ0v) is 45.2. The number of ether oxygens (including phenoxy) is 4. The first-order chi connectivity index (χ1) is 38.7. The fourth-order valence-corrected chi connectivity index (χ4v) is 11.2. The molecule has 16 heteroatoms. The van der Waals surface area contributed by atoms with E-state index in [1.165, 1.54) is 24.3 Å². The lowest BCUT2D eigenvalue weighted by Gasteiger charge is -2.17. The van der Waals surface area contributed by atoms with Gasteiger partial charge in [0.25, 0.3) is 10.1 Å². The standard InChI is InChI=1S/C64H48O13S3/c1-42-13-30-55(31-14-42)79(67,68)56-32-28-54(29-33-56)74-60-35-22-48(38-58(60)46-11-7-4-8-12-46)47-21-34-59(57(37-47)45-9-5-3-6-10-45)73-41-51-16-15-49(39-62(51)78-77-76-66)64(65)50-23-36-61(63(40-50)80(69,70)71)75-53-26-19-44(20-27-53)43-17-24-52(72-2)25-18-43/h3-40,66H,41H2,1-2H3,(H,69,70,71). The van der Waals surface area contributed by atoms with E-state index in [1.807, 2.05) is 128 Å². The molecule has 0 fully saturated rings. The molecule has 10 rings (SSSR count). The Morgan fingerprint density at radius 1 is 0.487 bits per heavy atom. The molecule has 0 saturated carbocycles. The molecule has 0 heterocycles. The van der Waals surface area contributed by atoms with E-state index in [0.29, 0.717) is 45.5 Å². The van der Waals surface area contributed by atoms with Crippen LogP contribution in [0, 0.1) is 6.92 Å². The monoisotopic (exact) mass is 1120 g/mol. The highest BCUT2D eigenvalue weighted by atomic mass is 32.2. The SMILES string of the molecule is COc1ccc(-c2ccc(Oc3ccc(C(=O)c4ccc(COc5ccc(-c6ccc(Oc7ccc(S(=O)(=O)c8ccc(C)cc8)cc7)c(-c7ccccc7)c6)cc5-c5ccccc5)c(SOOO)c4)cc3S(=O)(=O)O)cc2)cc1. The van der Waals surface area contributed by atoms with Crippen LogP contribution in [0.5, 0.6) is 34.5 Å². The van der Waals surface area contributed by atoms with Crippen molar-refractivity contribution in [2.45, 2.75) is 33.1 Å². The van der Waals surface area contributed by atoms with E-state index in [0.717, 1.165) is 56.1 Å². The smallest absolute Gasteiger partial charge is 0.298 e. The van der Waals surface area contributed by atoms with Gasteiger partial charge < -0.3 is 18.9 Å². The second-order valence-electron chi connectivity index (χ2n) is 18.2. The van der Waals surface area contributed by atoms with Gasteiger partial charge in [0.2, 0.25) is 9.84 Å². The van der Waals surface area contributed by atoms with Gasteiger partial charge in [0, 0.05) is 32.7 Å². The molecule has 80 heavy (non-hydrogen) atoms. The Labute approximate surface area is 466 Å². The Morgan fingerprint density at radius 2 is 0.963 bits per heavy atom. The van der Waals surface area contributed by atoms with Crippen molar-refractivity contribution in [3.8, 4) is 79.0 Å². The van der Waals surface area contributed by atoms with Gasteiger partial charge in [-0.15, -0.1) is 4.33 Å². The number of methoxy groups -OCH3 is 1. The predicted octanol–water partition coefficient (Wildman–Crippen LogP) is 15.6. The summed E-state index contributed by atoms with van der Waals surface area (Å²) in [6.07, 6.45) is 0. The largest absolute Gasteiger partial charge is 0.497 e. The van der Waals surface area contributed by atoms with Gasteiger partial charge in [-0.25, -0.2) is 13.7 Å². The maximum atomic E-state index is 14.1. The molecule has 0 aromatic heterocycles. The minimum Gasteiger partial charge on any atom is -0.497 e. The van der Waals surface area contributed by atoms with Crippen LogP contribution in [0.1, 0.15) is 27.0 Å². The van der Waals surface area contributed by atoms with Crippen molar-refractivity contribution in [3.05, 3.63) is 253 Å². The summed E-state index contributed by atoms with van der Waals surface area (Å²) in [5.41, 5.74) is 8.44. The van der Waals surface area contributed by atoms with Gasteiger partial charge in [-0.2, -0.15) is 8.42 Å². The molecule has 0 amide bonds. The lowest BCUT2D eigenvalue weighted by Crippen LogP contribution is -2.07. The summed E-state index contributed by atoms with van der Waals surface area (Å²) in [6.45, 7) is 1.87. The average molecular weight is 1120 g/mol. The molecule has 2 N–H and O–H groups in total. The number of hydrogen-bond donors (Lipinski definition) is 2. The molecular weight excluding hydrogens is 1070 g/mol. The number of carbonyl (C=O) groups is 1. The Bertz CT molecular complexity index is 4060. The van der Waals surface area contributed by atoms with E-state index in [2.05, 4.69) is 5.04 Å². The van der Waals surface area contributed by atoms with Crippen molar-refractivity contribution < 1.29 is 59.8 Å². The van der Waals surface area contributed by atoms with Crippen LogP contribution in [-0.2, 0) is 35.9 Å². The van der Waals surface area contributed by atoms with Crippen molar-refractivity contribution in [1.82, 2.24) is 0 Å². The number of rotatable bonds is 20. The van der Waals surface area contributed by atoms with Crippen LogP contribution in [-0.4, -0.2) is 39.5 Å². The second-order valence-corrected chi connectivity index (χ2v) is 22.3. The quantitative estimate of drug-likeness (QED) is 0.0242. The zero-order valence-electron chi connectivity index (χ0n) is 42.8. The maximum absolute atomic E-state index is 14.1. The summed E-state index contributed by atoms with van der Waals surface area (Å²) >= 11 is 0.623. The number of ketones is 1. The Balaban J connectivity index is 0.893. The van der Waals surface area contributed by atoms with Crippen LogP contribution in [0.4, 0.5) is 0 Å². The lowest BCUT2D eigenvalue weighted by atomic mass is 9.95. The first kappa shape index (κ1) is 54.5. The van der Waals surface area contributed by atoms with E-state index >= 15 is 0 Å². The molecule has 400 valence electrons. The van der Waals surface area contributed by atoms with Crippen LogP contribution in [0.15, 0.2) is 250 Å². The fourth-order valence-electron chi connectivity index (χ4n) is 8.82. The third-order valence-electron chi connectivity index (χ3n) is 13.0. The molecule has 0 radical (unpaired) electrons. The van der Waals surface area contributed by atoms with Gasteiger partial charge in [0.15, 0.2) is 5.78 Å². The van der Waals surface area contributed by atoms with E-state index in [4.69, 9.17) is 28.5 Å². The normalized spacial score (nSPS) is 11.4. The molecular formula is C64H48O13S3. The molecule has 10 aromatic rings. The number of carbonyl (C=O) groups excluding carboxylic acids is 1. The predicted molar refractivity (Wildman–Crippen MR) is 306 cm³/mol. The van der Waals surface area contributed by atoms with Crippen molar-refractivity contribution in [2.75, 3.05) is 7.11 Å². The number of aryl methyl sites for hydroxylation is 1. The minimum absolute atomic E-state index is 0.0339. The van der Waals surface area contributed by atoms with Crippen molar-refractivity contribution in [3.63, 3.8) is 0 Å². The number of sulfone groups is 1. The van der Waals surface area contributed by atoms with Gasteiger partial charge in [-0.05, 0) is 149 Å². The van der Waals surface area contributed by atoms with Gasteiger partial charge in [-0.1, -0.05) is 132 Å². The second kappa shape index (κ2) is 24.0. The van der Waals surface area contributed by atoms with E-state index < -0.39 is 30.6 Å².